The highest BCUT2D eigenvalue weighted by Gasteiger charge is 2.42. The zero-order chi connectivity index (χ0) is 18.7. The summed E-state index contributed by atoms with van der Waals surface area (Å²) in [6, 6.07) is 16.3. The van der Waals surface area contributed by atoms with Crippen LogP contribution in [0, 0.1) is 5.82 Å². The number of rotatable bonds is 5. The molecule has 138 valence electrons. The smallest absolute Gasteiger partial charge is 0.230 e. The zero-order valence-corrected chi connectivity index (χ0v) is 15.1. The molecule has 4 nitrogen and oxygen atoms in total. The lowest BCUT2D eigenvalue weighted by atomic mass is 9.78. The molecular weight excluding hydrogens is 341 g/mol. The van der Waals surface area contributed by atoms with Crippen molar-refractivity contribution < 1.29 is 9.18 Å². The van der Waals surface area contributed by atoms with Crippen LogP contribution in [-0.2, 0) is 16.8 Å². The number of nitrogens with one attached hydrogen (secondary N) is 1. The summed E-state index contributed by atoms with van der Waals surface area (Å²) < 4.78 is 15.5. The molecule has 0 saturated heterocycles. The number of nitrogens with zero attached hydrogens (tertiary/aromatic N) is 2. The van der Waals surface area contributed by atoms with Gasteiger partial charge in [0.15, 0.2) is 0 Å². The second kappa shape index (κ2) is 7.35. The number of benzene rings is 2. The van der Waals surface area contributed by atoms with Gasteiger partial charge >= 0.3 is 0 Å². The van der Waals surface area contributed by atoms with Gasteiger partial charge < -0.3 is 5.32 Å². The predicted octanol–water partition coefficient (Wildman–Crippen LogP) is 4.14. The molecule has 1 aromatic heterocycles. The molecule has 0 unspecified atom stereocenters. The normalized spacial score (nSPS) is 15.6. The van der Waals surface area contributed by atoms with Gasteiger partial charge in [0, 0.05) is 18.9 Å². The average Bonchev–Trinajstić information content (AvgIpc) is 3.39. The van der Waals surface area contributed by atoms with Crippen LogP contribution in [0.15, 0.2) is 67.0 Å². The van der Waals surface area contributed by atoms with Crippen molar-refractivity contribution in [2.45, 2.75) is 37.6 Å². The van der Waals surface area contributed by atoms with Crippen molar-refractivity contribution in [2.75, 3.05) is 0 Å². The summed E-state index contributed by atoms with van der Waals surface area (Å²) in [7, 11) is 0. The lowest BCUT2D eigenvalue weighted by Crippen LogP contribution is -2.42. The summed E-state index contributed by atoms with van der Waals surface area (Å²) in [6.07, 6.45) is 7.13. The van der Waals surface area contributed by atoms with Gasteiger partial charge in [-0.1, -0.05) is 37.1 Å². The second-order valence-corrected chi connectivity index (χ2v) is 7.10. The van der Waals surface area contributed by atoms with Gasteiger partial charge in [0.05, 0.1) is 11.1 Å². The standard InChI is InChI=1S/C22H22FN3O/c23-19-6-3-5-18(15-19)22(11-1-2-12-22)21(27)24-16-17-7-9-20(10-8-17)26-14-4-13-25-26/h3-10,13-15H,1-2,11-12,16H2,(H,24,27). The summed E-state index contributed by atoms with van der Waals surface area (Å²) in [4.78, 5) is 13.1. The number of hydrogen-bond acceptors (Lipinski definition) is 2. The molecule has 1 aliphatic carbocycles. The van der Waals surface area contributed by atoms with Crippen molar-refractivity contribution in [3.05, 3.63) is 83.9 Å². The Bertz CT molecular complexity index is 913. The summed E-state index contributed by atoms with van der Waals surface area (Å²) in [6.45, 7) is 0.454. The lowest BCUT2D eigenvalue weighted by molar-refractivity contribution is -0.126. The number of hydrogen-bond donors (Lipinski definition) is 1. The van der Waals surface area contributed by atoms with Crippen molar-refractivity contribution in [3.8, 4) is 5.69 Å². The molecule has 0 spiro atoms. The van der Waals surface area contributed by atoms with E-state index in [1.807, 2.05) is 42.6 Å². The van der Waals surface area contributed by atoms with Gasteiger partial charge in [-0.25, -0.2) is 9.07 Å². The van der Waals surface area contributed by atoms with Gasteiger partial charge in [-0.15, -0.1) is 0 Å². The molecule has 0 atom stereocenters. The van der Waals surface area contributed by atoms with Crippen LogP contribution >= 0.6 is 0 Å². The molecule has 27 heavy (non-hydrogen) atoms. The van der Waals surface area contributed by atoms with E-state index in [1.165, 1.54) is 12.1 Å². The van der Waals surface area contributed by atoms with Crippen LogP contribution < -0.4 is 5.32 Å². The molecule has 0 radical (unpaired) electrons. The van der Waals surface area contributed by atoms with Crippen molar-refractivity contribution in [3.63, 3.8) is 0 Å². The summed E-state index contributed by atoms with van der Waals surface area (Å²) in [5.74, 6) is -0.303. The molecule has 0 aliphatic heterocycles. The molecule has 4 rings (SSSR count). The van der Waals surface area contributed by atoms with Gasteiger partial charge in [-0.05, 0) is 54.3 Å². The molecule has 1 saturated carbocycles. The highest BCUT2D eigenvalue weighted by Crippen LogP contribution is 2.41. The first-order chi connectivity index (χ1) is 13.2. The molecular formula is C22H22FN3O. The SMILES string of the molecule is O=C(NCc1ccc(-n2cccn2)cc1)C1(c2cccc(F)c2)CCCC1. The number of amides is 1. The minimum absolute atomic E-state index is 0.0123. The highest BCUT2D eigenvalue weighted by atomic mass is 19.1. The Morgan fingerprint density at radius 3 is 2.56 bits per heavy atom. The van der Waals surface area contributed by atoms with Gasteiger partial charge in [0.2, 0.25) is 5.91 Å². The largest absolute Gasteiger partial charge is 0.351 e. The van der Waals surface area contributed by atoms with E-state index in [9.17, 15) is 9.18 Å². The minimum Gasteiger partial charge on any atom is -0.351 e. The monoisotopic (exact) mass is 363 g/mol. The molecule has 0 bridgehead atoms. The number of aromatic nitrogens is 2. The van der Waals surface area contributed by atoms with Gasteiger partial charge in [0.25, 0.3) is 0 Å². The molecule has 1 heterocycles. The maximum Gasteiger partial charge on any atom is 0.230 e. The fraction of sp³-hybridized carbons (Fsp3) is 0.273. The van der Waals surface area contributed by atoms with E-state index in [-0.39, 0.29) is 11.7 Å². The van der Waals surface area contributed by atoms with Crippen LogP contribution in [0.3, 0.4) is 0 Å². The Hall–Kier alpha value is -2.95. The predicted molar refractivity (Wildman–Crippen MR) is 102 cm³/mol. The topological polar surface area (TPSA) is 46.9 Å². The van der Waals surface area contributed by atoms with Crippen molar-refractivity contribution in [1.82, 2.24) is 15.1 Å². The summed E-state index contributed by atoms with van der Waals surface area (Å²) in [5, 5.41) is 7.28. The quantitative estimate of drug-likeness (QED) is 0.741. The Morgan fingerprint density at radius 1 is 1.11 bits per heavy atom. The lowest BCUT2D eigenvalue weighted by Gasteiger charge is -2.28. The number of carbonyl (C=O) groups is 1. The molecule has 5 heteroatoms. The van der Waals surface area contributed by atoms with Gasteiger partial charge in [-0.2, -0.15) is 5.10 Å². The minimum atomic E-state index is -0.614. The third-order valence-electron chi connectivity index (χ3n) is 5.43. The highest BCUT2D eigenvalue weighted by molar-refractivity contribution is 5.88. The van der Waals surface area contributed by atoms with Crippen LogP contribution in [0.2, 0.25) is 0 Å². The van der Waals surface area contributed by atoms with E-state index in [0.29, 0.717) is 6.54 Å². The molecule has 1 aliphatic rings. The maximum absolute atomic E-state index is 13.7. The van der Waals surface area contributed by atoms with Crippen molar-refractivity contribution in [2.24, 2.45) is 0 Å². The van der Waals surface area contributed by atoms with Crippen LogP contribution in [0.25, 0.3) is 5.69 Å². The Kier molecular flexibility index (Phi) is 4.75. The van der Waals surface area contributed by atoms with E-state index >= 15 is 0 Å². The van der Waals surface area contributed by atoms with Gasteiger partial charge in [0.1, 0.15) is 5.82 Å². The summed E-state index contributed by atoms with van der Waals surface area (Å²) >= 11 is 0. The first-order valence-corrected chi connectivity index (χ1v) is 9.31. The first kappa shape index (κ1) is 17.5. The number of halogens is 1. The van der Waals surface area contributed by atoms with E-state index < -0.39 is 5.41 Å². The van der Waals surface area contributed by atoms with Crippen LogP contribution in [-0.4, -0.2) is 15.7 Å². The Balaban J connectivity index is 1.47. The second-order valence-electron chi connectivity index (χ2n) is 7.10. The molecule has 3 aromatic rings. The van der Waals surface area contributed by atoms with Crippen molar-refractivity contribution >= 4 is 5.91 Å². The third-order valence-corrected chi connectivity index (χ3v) is 5.43. The number of carbonyl (C=O) groups excluding carboxylic acids is 1. The van der Waals surface area contributed by atoms with Gasteiger partial charge in [-0.3, -0.25) is 4.79 Å². The van der Waals surface area contributed by atoms with Crippen LogP contribution in [0.4, 0.5) is 4.39 Å². The Morgan fingerprint density at radius 2 is 1.89 bits per heavy atom. The fourth-order valence-electron chi connectivity index (χ4n) is 3.95. The molecule has 2 aromatic carbocycles. The van der Waals surface area contributed by atoms with E-state index in [0.717, 1.165) is 42.5 Å². The van der Waals surface area contributed by atoms with Crippen molar-refractivity contribution in [1.29, 1.82) is 0 Å². The van der Waals surface area contributed by atoms with Crippen LogP contribution in [0.5, 0.6) is 0 Å². The molecule has 1 fully saturated rings. The third kappa shape index (κ3) is 3.50. The Labute approximate surface area is 158 Å². The molecule has 1 N–H and O–H groups in total. The average molecular weight is 363 g/mol. The first-order valence-electron chi connectivity index (χ1n) is 9.31. The van der Waals surface area contributed by atoms with Crippen LogP contribution in [0.1, 0.15) is 36.8 Å². The zero-order valence-electron chi connectivity index (χ0n) is 15.1. The summed E-state index contributed by atoms with van der Waals surface area (Å²) in [5.41, 5.74) is 2.16. The maximum atomic E-state index is 13.7. The van der Waals surface area contributed by atoms with E-state index in [2.05, 4.69) is 10.4 Å². The fourth-order valence-corrected chi connectivity index (χ4v) is 3.95. The van der Waals surface area contributed by atoms with E-state index in [1.54, 1.807) is 16.9 Å². The van der Waals surface area contributed by atoms with E-state index in [4.69, 9.17) is 0 Å². The molecule has 1 amide bonds.